The van der Waals surface area contributed by atoms with Crippen LogP contribution in [-0.4, -0.2) is 145 Å². The number of methoxy groups -OCH3 is 3. The summed E-state index contributed by atoms with van der Waals surface area (Å²) < 4.78 is 35.7. The quantitative estimate of drug-likeness (QED) is 0.138. The molecule has 0 spiro atoms. The number of allylic oxidation sites excluding steroid dienone is 2. The summed E-state index contributed by atoms with van der Waals surface area (Å²) in [6.07, 6.45) is 7.33. The fraction of sp³-hybridized carbons (Fsp3) is 0.587. The summed E-state index contributed by atoms with van der Waals surface area (Å²) in [5.41, 5.74) is -0.808. The summed E-state index contributed by atoms with van der Waals surface area (Å²) in [4.78, 5) is 30.6. The average Bonchev–Trinajstić information content (AvgIpc) is 3.52. The number of piperazine rings is 1. The van der Waals surface area contributed by atoms with Crippen LogP contribution in [0.5, 0.6) is 23.0 Å². The molecule has 6 heterocycles. The van der Waals surface area contributed by atoms with Gasteiger partial charge in [-0.15, -0.1) is 0 Å². The molecule has 16 nitrogen and oxygen atoms in total. The first-order valence-corrected chi connectivity index (χ1v) is 21.3. The number of aliphatic hydroxyl groups excluding tert-OH is 1. The lowest BCUT2D eigenvalue weighted by atomic mass is 9.70. The van der Waals surface area contributed by atoms with E-state index in [9.17, 15) is 30.0 Å². The third kappa shape index (κ3) is 8.52. The van der Waals surface area contributed by atoms with Gasteiger partial charge in [0.2, 0.25) is 0 Å². The Bertz CT molecular complexity index is 2150. The lowest BCUT2D eigenvalue weighted by Crippen LogP contribution is -2.60. The fourth-order valence-corrected chi connectivity index (χ4v) is 9.25. The molecule has 8 rings (SSSR count). The second-order valence-corrected chi connectivity index (χ2v) is 17.5. The molecule has 2 saturated heterocycles. The topological polar surface area (TPSA) is 201 Å². The van der Waals surface area contributed by atoms with Crippen LogP contribution in [0.2, 0.25) is 0 Å². The Morgan fingerprint density at radius 3 is 2.26 bits per heavy atom. The van der Waals surface area contributed by atoms with Gasteiger partial charge in [0.15, 0.2) is 5.75 Å². The van der Waals surface area contributed by atoms with Crippen LogP contribution in [-0.2, 0) is 28.5 Å². The fourth-order valence-electron chi connectivity index (χ4n) is 9.25. The van der Waals surface area contributed by atoms with Crippen molar-refractivity contribution in [1.82, 2.24) is 9.91 Å². The van der Waals surface area contributed by atoms with Gasteiger partial charge in [-0.05, 0) is 26.8 Å². The summed E-state index contributed by atoms with van der Waals surface area (Å²) in [6, 6.07) is 0. The van der Waals surface area contributed by atoms with Crippen LogP contribution >= 0.6 is 0 Å². The highest BCUT2D eigenvalue weighted by atomic mass is 16.7. The molecule has 6 aliphatic heterocycles. The molecule has 0 radical (unpaired) electrons. The van der Waals surface area contributed by atoms with Crippen LogP contribution in [0.1, 0.15) is 70.0 Å². The SMILES string of the molecule is COCCN1CCN(/N=C/c2c3c(O)c4c(O)c(C)c5c(c4c2O)C(=O)[C@@](C)(O/C=C/[C@H](OC)[C@@H](C)[C@@H](OC)[C@H](C)[C@H](O)[C@H](C)[C@H]2O[C@@](C)(/C=C/C=C(/C)C(=O)N3)[C@@H]2C)O5)CC1. The van der Waals surface area contributed by atoms with Gasteiger partial charge in [-0.25, -0.2) is 0 Å². The van der Waals surface area contributed by atoms with Crippen LogP contribution < -0.4 is 10.1 Å². The molecule has 1 amide bonds. The van der Waals surface area contributed by atoms with E-state index in [-0.39, 0.29) is 74.2 Å². The van der Waals surface area contributed by atoms with Gasteiger partial charge in [0.25, 0.3) is 11.7 Å². The second kappa shape index (κ2) is 18.6. The molecular weight excluding hydrogens is 801 g/mol. The number of phenolic OH excluding ortho intramolecular Hbond substituents is 3. The van der Waals surface area contributed by atoms with E-state index in [1.54, 1.807) is 44.4 Å². The number of carbonyl (C=O) groups is 2. The summed E-state index contributed by atoms with van der Waals surface area (Å²) in [7, 11) is 4.78. The standard InChI is InChI=1S/C46H64N4O12/c1-24-13-12-15-45(7)29(6)41(61-45)27(4)36(51)26(3)40(59-11)25(2)31(58-10)14-21-60-46(8)43(55)34-32-33(37(52)28(5)42(34)62-46)39(54)35(48-44(24)56)30(38(32)53)23-47-50-18-16-49(17-19-50)20-22-57-9/h12-15,21,23,25-27,29,31,36,40-41,51-54H,16-20,22H2,1-11H3,(H,48,56)/b15-12+,21-14+,24-13-,47-23+/t25-,26-,27+,29-,31+,36+,40-,41-,45+,46+/m1/s1. The zero-order valence-corrected chi connectivity index (χ0v) is 37.7. The Morgan fingerprint density at radius 1 is 0.935 bits per heavy atom. The number of anilines is 1. The largest absolute Gasteiger partial charge is 0.507 e. The van der Waals surface area contributed by atoms with Gasteiger partial charge in [-0.3, -0.25) is 19.5 Å². The number of nitrogens with one attached hydrogen (secondary N) is 1. The highest BCUT2D eigenvalue weighted by Gasteiger charge is 2.53. The lowest BCUT2D eigenvalue weighted by molar-refractivity contribution is -0.251. The second-order valence-electron chi connectivity index (χ2n) is 17.5. The zero-order valence-electron chi connectivity index (χ0n) is 37.7. The van der Waals surface area contributed by atoms with Crippen molar-refractivity contribution in [2.75, 3.05) is 66.0 Å². The number of Topliss-reactive ketones (excluding diaryl/α,β-unsaturated/α-hetero) is 1. The number of ketones is 1. The smallest absolute Gasteiger partial charge is 0.312 e. The molecule has 5 N–H and O–H groups in total. The summed E-state index contributed by atoms with van der Waals surface area (Å²) in [5, 5.41) is 56.3. The molecule has 340 valence electrons. The monoisotopic (exact) mass is 864 g/mol. The minimum absolute atomic E-state index is 0.00452. The van der Waals surface area contributed by atoms with Crippen molar-refractivity contribution >= 4 is 34.4 Å². The first-order valence-electron chi connectivity index (χ1n) is 21.3. The number of hydrogen-bond acceptors (Lipinski definition) is 15. The predicted molar refractivity (Wildman–Crippen MR) is 234 cm³/mol. The van der Waals surface area contributed by atoms with E-state index < -0.39 is 58.6 Å². The molecule has 0 unspecified atom stereocenters. The number of hydrogen-bond donors (Lipinski definition) is 5. The summed E-state index contributed by atoms with van der Waals surface area (Å²) in [6.45, 7) is 18.2. The number of nitrogens with zero attached hydrogens (tertiary/aromatic N) is 3. The summed E-state index contributed by atoms with van der Waals surface area (Å²) in [5.74, 6) is -5.87. The maximum Gasteiger partial charge on any atom is 0.312 e. The van der Waals surface area contributed by atoms with E-state index in [0.29, 0.717) is 32.8 Å². The first-order chi connectivity index (χ1) is 29.3. The molecule has 6 aliphatic rings. The zero-order chi connectivity index (χ0) is 45.4. The molecule has 62 heavy (non-hydrogen) atoms. The van der Waals surface area contributed by atoms with Crippen molar-refractivity contribution in [3.63, 3.8) is 0 Å². The Hall–Kier alpha value is -4.71. The van der Waals surface area contributed by atoms with Crippen molar-refractivity contribution in [2.24, 2.45) is 28.8 Å². The molecule has 0 aromatic heterocycles. The van der Waals surface area contributed by atoms with E-state index in [2.05, 4.69) is 22.2 Å². The number of amides is 1. The number of rotatable bonds is 7. The lowest BCUT2D eigenvalue weighted by Gasteiger charge is -2.54. The van der Waals surface area contributed by atoms with Crippen LogP contribution in [0, 0.1) is 30.6 Å². The van der Waals surface area contributed by atoms with E-state index in [1.807, 2.05) is 33.8 Å². The number of hydrazone groups is 1. The van der Waals surface area contributed by atoms with Gasteiger partial charge >= 0.3 is 5.79 Å². The van der Waals surface area contributed by atoms with E-state index in [4.69, 9.17) is 28.4 Å². The van der Waals surface area contributed by atoms with E-state index in [0.717, 1.165) is 6.54 Å². The third-order valence-corrected chi connectivity index (χ3v) is 13.6. The van der Waals surface area contributed by atoms with Crippen LogP contribution in [0.25, 0.3) is 10.8 Å². The molecular formula is C46H64N4O12. The molecule has 2 aromatic rings. The Balaban J connectivity index is 1.47. The highest BCUT2D eigenvalue weighted by Crippen LogP contribution is 2.55. The van der Waals surface area contributed by atoms with Crippen LogP contribution in [0.15, 0.2) is 41.2 Å². The van der Waals surface area contributed by atoms with Gasteiger partial charge in [0.1, 0.15) is 17.2 Å². The first kappa shape index (κ1) is 46.8. The predicted octanol–water partition coefficient (Wildman–Crippen LogP) is 5.23. The van der Waals surface area contributed by atoms with Crippen molar-refractivity contribution in [1.29, 1.82) is 0 Å². The maximum absolute atomic E-state index is 14.5. The number of aliphatic hydroxyl groups is 1. The van der Waals surface area contributed by atoms with Gasteiger partial charge in [0, 0.05) is 101 Å². The molecule has 0 saturated carbocycles. The number of ether oxygens (including phenoxy) is 6. The van der Waals surface area contributed by atoms with E-state index >= 15 is 0 Å². The summed E-state index contributed by atoms with van der Waals surface area (Å²) >= 11 is 0. The van der Waals surface area contributed by atoms with Gasteiger partial charge in [-0.1, -0.05) is 45.9 Å². The molecule has 7 bridgehead atoms. The van der Waals surface area contributed by atoms with Gasteiger partial charge < -0.3 is 54.2 Å². The maximum atomic E-state index is 14.5. The normalized spacial score (nSPS) is 34.3. The Labute approximate surface area is 363 Å². The Morgan fingerprint density at radius 2 is 1.63 bits per heavy atom. The van der Waals surface area contributed by atoms with E-state index in [1.165, 1.54) is 33.4 Å². The van der Waals surface area contributed by atoms with Crippen molar-refractivity contribution in [3.8, 4) is 23.0 Å². The van der Waals surface area contributed by atoms with Gasteiger partial charge in [0.05, 0.1) is 71.3 Å². The van der Waals surface area contributed by atoms with Crippen molar-refractivity contribution in [2.45, 2.75) is 91.2 Å². The van der Waals surface area contributed by atoms with Crippen LogP contribution in [0.3, 0.4) is 0 Å². The van der Waals surface area contributed by atoms with Crippen molar-refractivity contribution in [3.05, 3.63) is 52.8 Å². The molecule has 0 aliphatic carbocycles. The molecule has 10 atom stereocenters. The third-order valence-electron chi connectivity index (χ3n) is 13.6. The van der Waals surface area contributed by atoms with Gasteiger partial charge in [-0.2, -0.15) is 5.10 Å². The average molecular weight is 865 g/mol. The molecule has 16 heteroatoms. The Kier molecular flexibility index (Phi) is 14.0. The van der Waals surface area contributed by atoms with Crippen molar-refractivity contribution < 1.29 is 58.4 Å². The highest BCUT2D eigenvalue weighted by molar-refractivity contribution is 6.23. The number of benzene rings is 2. The number of phenols is 3. The number of carbonyl (C=O) groups excluding carboxylic acids is 2. The number of aromatic hydroxyl groups is 3. The molecule has 2 aromatic carbocycles. The molecule has 2 fully saturated rings. The minimum Gasteiger partial charge on any atom is -0.507 e. The minimum atomic E-state index is -1.98. The van der Waals surface area contributed by atoms with Crippen LogP contribution in [0.4, 0.5) is 5.69 Å².